The number of esters is 1. The number of methoxy groups -OCH3 is 1. The van der Waals surface area contributed by atoms with Crippen LogP contribution in [-0.2, 0) is 16.1 Å². The molecule has 0 unspecified atom stereocenters. The van der Waals surface area contributed by atoms with Crippen molar-refractivity contribution in [3.8, 4) is 0 Å². The van der Waals surface area contributed by atoms with E-state index in [1.807, 2.05) is 0 Å². The van der Waals surface area contributed by atoms with Gasteiger partial charge in [-0.15, -0.1) is 0 Å². The maximum atomic E-state index is 13.1. The number of nitrogens with zero attached hydrogens (tertiary/aromatic N) is 1. The van der Waals surface area contributed by atoms with Gasteiger partial charge >= 0.3 is 5.97 Å². The Hall–Kier alpha value is -2.73. The first kappa shape index (κ1) is 18.1. The summed E-state index contributed by atoms with van der Waals surface area (Å²) in [6, 6.07) is 13.4. The second-order valence-electron chi connectivity index (χ2n) is 6.35. The van der Waals surface area contributed by atoms with E-state index >= 15 is 0 Å². The third-order valence-electron chi connectivity index (χ3n) is 4.32. The van der Waals surface area contributed by atoms with E-state index in [0.29, 0.717) is 23.8 Å². The Morgan fingerprint density at radius 3 is 2.50 bits per heavy atom. The molecule has 1 fully saturated rings. The number of rotatable bonds is 7. The van der Waals surface area contributed by atoms with Gasteiger partial charge < -0.3 is 10.1 Å². The van der Waals surface area contributed by atoms with Gasteiger partial charge in [0.2, 0.25) is 5.91 Å². The van der Waals surface area contributed by atoms with Crippen molar-refractivity contribution >= 4 is 17.6 Å². The van der Waals surface area contributed by atoms with Gasteiger partial charge in [0.25, 0.3) is 0 Å². The third-order valence-corrected chi connectivity index (χ3v) is 4.32. The molecule has 2 aromatic carbocycles. The van der Waals surface area contributed by atoms with Crippen LogP contribution in [0.15, 0.2) is 48.5 Å². The first-order valence-electron chi connectivity index (χ1n) is 8.52. The molecular formula is C20H21FN2O3. The van der Waals surface area contributed by atoms with Crippen LogP contribution >= 0.6 is 0 Å². The van der Waals surface area contributed by atoms with E-state index < -0.39 is 5.97 Å². The van der Waals surface area contributed by atoms with Crippen LogP contribution in [0.1, 0.15) is 28.8 Å². The van der Waals surface area contributed by atoms with Crippen LogP contribution in [0.2, 0.25) is 0 Å². The Morgan fingerprint density at radius 1 is 1.15 bits per heavy atom. The summed E-state index contributed by atoms with van der Waals surface area (Å²) in [5.41, 5.74) is 1.71. The van der Waals surface area contributed by atoms with Crippen LogP contribution < -0.4 is 5.32 Å². The molecular weight excluding hydrogens is 335 g/mol. The van der Waals surface area contributed by atoms with E-state index in [9.17, 15) is 14.0 Å². The average molecular weight is 356 g/mol. The summed E-state index contributed by atoms with van der Waals surface area (Å²) in [5, 5.41) is 2.79. The number of halogens is 1. The van der Waals surface area contributed by atoms with Crippen molar-refractivity contribution in [2.24, 2.45) is 0 Å². The Balaban J connectivity index is 1.66. The van der Waals surface area contributed by atoms with E-state index in [0.717, 1.165) is 18.4 Å². The van der Waals surface area contributed by atoms with Crippen molar-refractivity contribution in [2.75, 3.05) is 19.0 Å². The molecule has 5 nitrogen and oxygen atoms in total. The minimum Gasteiger partial charge on any atom is -0.465 e. The lowest BCUT2D eigenvalue weighted by molar-refractivity contribution is -0.117. The quantitative estimate of drug-likeness (QED) is 0.774. The average Bonchev–Trinajstić information content (AvgIpc) is 3.48. The zero-order valence-corrected chi connectivity index (χ0v) is 14.6. The van der Waals surface area contributed by atoms with Gasteiger partial charge in [0.1, 0.15) is 5.82 Å². The number of carbonyl (C=O) groups is 2. The topological polar surface area (TPSA) is 58.6 Å². The van der Waals surface area contributed by atoms with Gasteiger partial charge in [-0.05, 0) is 42.7 Å². The highest BCUT2D eigenvalue weighted by molar-refractivity contribution is 6.01. The lowest BCUT2D eigenvalue weighted by atomic mass is 10.1. The maximum Gasteiger partial charge on any atom is 0.339 e. The van der Waals surface area contributed by atoms with Gasteiger partial charge in [-0.25, -0.2) is 9.18 Å². The summed E-state index contributed by atoms with van der Waals surface area (Å²) in [7, 11) is 1.30. The molecule has 1 aliphatic carbocycles. The molecule has 136 valence electrons. The largest absolute Gasteiger partial charge is 0.465 e. The lowest BCUT2D eigenvalue weighted by Gasteiger charge is -2.22. The number of benzene rings is 2. The number of hydrogen-bond acceptors (Lipinski definition) is 4. The van der Waals surface area contributed by atoms with Crippen molar-refractivity contribution in [1.29, 1.82) is 0 Å². The molecule has 3 rings (SSSR count). The van der Waals surface area contributed by atoms with Crippen molar-refractivity contribution in [2.45, 2.75) is 25.4 Å². The number of hydrogen-bond donors (Lipinski definition) is 1. The van der Waals surface area contributed by atoms with Crippen molar-refractivity contribution in [3.63, 3.8) is 0 Å². The van der Waals surface area contributed by atoms with E-state index in [1.54, 1.807) is 36.4 Å². The molecule has 1 N–H and O–H groups in total. The molecule has 0 aliphatic heterocycles. The molecule has 0 aromatic heterocycles. The molecule has 6 heteroatoms. The third kappa shape index (κ3) is 4.67. The summed E-state index contributed by atoms with van der Waals surface area (Å²) in [6.07, 6.45) is 2.10. The second-order valence-corrected chi connectivity index (χ2v) is 6.35. The number of nitrogens with one attached hydrogen (secondary N) is 1. The Bertz CT molecular complexity index is 788. The van der Waals surface area contributed by atoms with Gasteiger partial charge in [-0.3, -0.25) is 9.69 Å². The smallest absolute Gasteiger partial charge is 0.339 e. The molecule has 26 heavy (non-hydrogen) atoms. The van der Waals surface area contributed by atoms with Crippen LogP contribution in [0.5, 0.6) is 0 Å². The number of carbonyl (C=O) groups excluding carboxylic acids is 2. The van der Waals surface area contributed by atoms with Gasteiger partial charge in [-0.1, -0.05) is 24.3 Å². The Labute approximate surface area is 151 Å². The van der Waals surface area contributed by atoms with Gasteiger partial charge in [0.15, 0.2) is 0 Å². The van der Waals surface area contributed by atoms with Gasteiger partial charge in [0, 0.05) is 12.6 Å². The van der Waals surface area contributed by atoms with E-state index in [-0.39, 0.29) is 18.3 Å². The van der Waals surface area contributed by atoms with Gasteiger partial charge in [0.05, 0.1) is 24.9 Å². The van der Waals surface area contributed by atoms with Crippen LogP contribution in [0.3, 0.4) is 0 Å². The zero-order valence-electron chi connectivity index (χ0n) is 14.6. The maximum absolute atomic E-state index is 13.1. The zero-order chi connectivity index (χ0) is 18.5. The minimum absolute atomic E-state index is 0.199. The van der Waals surface area contributed by atoms with Crippen LogP contribution in [0, 0.1) is 5.82 Å². The molecule has 1 amide bonds. The predicted octanol–water partition coefficient (Wildman–Crippen LogP) is 3.22. The fraction of sp³-hybridized carbons (Fsp3) is 0.300. The summed E-state index contributed by atoms with van der Waals surface area (Å²) >= 11 is 0. The van der Waals surface area contributed by atoms with E-state index in [4.69, 9.17) is 4.74 Å². The van der Waals surface area contributed by atoms with Gasteiger partial charge in [-0.2, -0.15) is 0 Å². The molecule has 1 aliphatic rings. The van der Waals surface area contributed by atoms with Crippen molar-refractivity contribution in [1.82, 2.24) is 4.90 Å². The highest BCUT2D eigenvalue weighted by Gasteiger charge is 2.30. The fourth-order valence-corrected chi connectivity index (χ4v) is 2.83. The fourth-order valence-electron chi connectivity index (χ4n) is 2.83. The standard InChI is InChI=1S/C20H21FN2O3/c1-26-20(25)17-4-2-3-5-18(17)22-19(24)13-23(16-10-11-16)12-14-6-8-15(21)9-7-14/h2-9,16H,10-13H2,1H3,(H,22,24). The first-order chi connectivity index (χ1) is 12.6. The molecule has 2 aromatic rings. The number of para-hydroxylation sites is 1. The summed E-state index contributed by atoms with van der Waals surface area (Å²) in [6.45, 7) is 0.786. The minimum atomic E-state index is -0.494. The van der Waals surface area contributed by atoms with E-state index in [2.05, 4.69) is 10.2 Å². The van der Waals surface area contributed by atoms with E-state index in [1.165, 1.54) is 19.2 Å². The normalized spacial score (nSPS) is 13.5. The lowest BCUT2D eigenvalue weighted by Crippen LogP contribution is -2.34. The Morgan fingerprint density at radius 2 is 1.85 bits per heavy atom. The molecule has 0 atom stereocenters. The highest BCUT2D eigenvalue weighted by atomic mass is 19.1. The predicted molar refractivity (Wildman–Crippen MR) is 96.2 cm³/mol. The molecule has 0 radical (unpaired) electrons. The summed E-state index contributed by atoms with van der Waals surface area (Å²) in [5.74, 6) is -0.967. The SMILES string of the molecule is COC(=O)c1ccccc1NC(=O)CN(Cc1ccc(F)cc1)C1CC1. The second kappa shape index (κ2) is 8.10. The number of ether oxygens (including phenoxy) is 1. The number of anilines is 1. The number of amides is 1. The van der Waals surface area contributed by atoms with Crippen LogP contribution in [0.25, 0.3) is 0 Å². The highest BCUT2D eigenvalue weighted by Crippen LogP contribution is 2.28. The molecule has 0 bridgehead atoms. The molecule has 0 saturated heterocycles. The van der Waals surface area contributed by atoms with Crippen LogP contribution in [0.4, 0.5) is 10.1 Å². The first-order valence-corrected chi connectivity index (χ1v) is 8.52. The molecule has 0 heterocycles. The van der Waals surface area contributed by atoms with Crippen molar-refractivity contribution < 1.29 is 18.7 Å². The van der Waals surface area contributed by atoms with Crippen LogP contribution in [-0.4, -0.2) is 36.5 Å². The molecule has 1 saturated carbocycles. The monoisotopic (exact) mass is 356 g/mol. The molecule has 0 spiro atoms. The van der Waals surface area contributed by atoms with Crippen molar-refractivity contribution in [3.05, 3.63) is 65.5 Å². The summed E-state index contributed by atoms with van der Waals surface area (Å²) in [4.78, 5) is 26.4. The Kier molecular flexibility index (Phi) is 5.63. The summed E-state index contributed by atoms with van der Waals surface area (Å²) < 4.78 is 17.8.